The van der Waals surface area contributed by atoms with E-state index < -0.39 is 0 Å². The molecular weight excluding hydrogens is 266 g/mol. The molecule has 0 aliphatic rings. The zero-order valence-electron chi connectivity index (χ0n) is 12.0. The van der Waals surface area contributed by atoms with Crippen molar-refractivity contribution in [2.24, 2.45) is 5.92 Å². The molecule has 0 saturated heterocycles. The highest BCUT2D eigenvalue weighted by molar-refractivity contribution is 5.75. The summed E-state index contributed by atoms with van der Waals surface area (Å²) in [6.45, 7) is 1.82. The number of nitro groups is 1. The van der Waals surface area contributed by atoms with Crippen molar-refractivity contribution in [1.82, 2.24) is 0 Å². The highest BCUT2D eigenvalue weighted by Gasteiger charge is 2.20. The first kappa shape index (κ1) is 16.4. The largest absolute Gasteiger partial charge is 0.265 e. The van der Waals surface area contributed by atoms with Crippen LogP contribution >= 0.6 is 0 Å². The first-order valence-corrected chi connectivity index (χ1v) is 6.82. The number of hydrogen-bond donors (Lipinski definition) is 0. The van der Waals surface area contributed by atoms with E-state index in [4.69, 9.17) is 10.5 Å². The number of rotatable bonds is 7. The van der Waals surface area contributed by atoms with E-state index >= 15 is 0 Å². The van der Waals surface area contributed by atoms with E-state index in [0.717, 1.165) is 12.0 Å². The minimum Gasteiger partial charge on any atom is -0.265 e. The molecule has 0 amide bonds. The summed E-state index contributed by atoms with van der Waals surface area (Å²) >= 11 is 0. The lowest BCUT2D eigenvalue weighted by Gasteiger charge is -2.15. The van der Waals surface area contributed by atoms with Gasteiger partial charge < -0.3 is 0 Å². The Bertz CT molecular complexity index is 578. The molecule has 0 radical (unpaired) electrons. The molecule has 1 rings (SSSR count). The van der Waals surface area contributed by atoms with Crippen LogP contribution in [0.4, 0.5) is 0 Å². The first-order valence-electron chi connectivity index (χ1n) is 6.82. The zero-order valence-corrected chi connectivity index (χ0v) is 12.0. The summed E-state index contributed by atoms with van der Waals surface area (Å²) in [6.07, 6.45) is 1.89. The lowest BCUT2D eigenvalue weighted by Crippen LogP contribution is -2.15. The Kier molecular flexibility index (Phi) is 6.63. The van der Waals surface area contributed by atoms with Gasteiger partial charge in [0.2, 0.25) is 6.54 Å². The molecule has 5 nitrogen and oxygen atoms in total. The molecule has 0 N–H and O–H groups in total. The quantitative estimate of drug-likeness (QED) is 0.434. The second-order valence-electron chi connectivity index (χ2n) is 4.82. The third kappa shape index (κ3) is 5.08. The van der Waals surface area contributed by atoms with Gasteiger partial charge in [-0.15, -0.1) is 0 Å². The molecule has 1 atom stereocenters. The van der Waals surface area contributed by atoms with Gasteiger partial charge in [0.25, 0.3) is 0 Å². The van der Waals surface area contributed by atoms with Crippen LogP contribution in [-0.4, -0.2) is 11.5 Å². The van der Waals surface area contributed by atoms with Crippen molar-refractivity contribution in [3.63, 3.8) is 0 Å². The molecule has 0 fully saturated rings. The summed E-state index contributed by atoms with van der Waals surface area (Å²) in [5.41, 5.74) is 1.41. The molecule has 0 aromatic heterocycles. The van der Waals surface area contributed by atoms with Crippen LogP contribution in [0.15, 0.2) is 35.9 Å². The Labute approximate surface area is 124 Å². The third-order valence-electron chi connectivity index (χ3n) is 3.24. The van der Waals surface area contributed by atoms with Crippen molar-refractivity contribution < 1.29 is 4.92 Å². The fourth-order valence-corrected chi connectivity index (χ4v) is 2.33. The molecule has 0 aliphatic carbocycles. The second kappa shape index (κ2) is 8.50. The summed E-state index contributed by atoms with van der Waals surface area (Å²) in [7, 11) is 0. The highest BCUT2D eigenvalue weighted by atomic mass is 16.6. The van der Waals surface area contributed by atoms with Gasteiger partial charge in [-0.3, -0.25) is 10.1 Å². The van der Waals surface area contributed by atoms with Crippen LogP contribution in [-0.2, 0) is 0 Å². The monoisotopic (exact) mass is 283 g/mol. The summed E-state index contributed by atoms with van der Waals surface area (Å²) in [6, 6.07) is 12.9. The van der Waals surface area contributed by atoms with Gasteiger partial charge in [0.1, 0.15) is 17.7 Å². The molecule has 5 heteroatoms. The molecule has 1 aromatic rings. The minimum atomic E-state index is -0.332. The average molecular weight is 283 g/mol. The predicted molar refractivity (Wildman–Crippen MR) is 79.5 cm³/mol. The van der Waals surface area contributed by atoms with Crippen molar-refractivity contribution in [2.75, 3.05) is 6.54 Å². The number of hydrogen-bond acceptors (Lipinski definition) is 4. The lowest BCUT2D eigenvalue weighted by atomic mass is 9.88. The van der Waals surface area contributed by atoms with Crippen molar-refractivity contribution in [2.45, 2.75) is 26.2 Å². The van der Waals surface area contributed by atoms with E-state index in [1.807, 2.05) is 49.4 Å². The molecule has 0 aliphatic heterocycles. The number of benzene rings is 1. The Morgan fingerprint density at radius 3 is 2.38 bits per heavy atom. The Hall–Kier alpha value is -2.66. The maximum absolute atomic E-state index is 10.8. The van der Waals surface area contributed by atoms with Crippen LogP contribution in [0.25, 0.3) is 5.57 Å². The standard InChI is InChI=1S/C16H17N3O2/c1-2-6-13(12-19(20)21)9-16(15(10-17)11-18)14-7-4-3-5-8-14/h3-5,7-8,13H,2,6,9,12H2,1H3. The molecule has 0 saturated carbocycles. The van der Waals surface area contributed by atoms with Crippen LogP contribution in [0.1, 0.15) is 31.7 Å². The van der Waals surface area contributed by atoms with Gasteiger partial charge >= 0.3 is 0 Å². The van der Waals surface area contributed by atoms with Gasteiger partial charge in [0.15, 0.2) is 0 Å². The molecule has 1 unspecified atom stereocenters. The van der Waals surface area contributed by atoms with E-state index in [1.165, 1.54) is 0 Å². The average Bonchev–Trinajstić information content (AvgIpc) is 2.48. The summed E-state index contributed by atoms with van der Waals surface area (Å²) in [4.78, 5) is 10.4. The molecular formula is C16H17N3O2. The van der Waals surface area contributed by atoms with Gasteiger partial charge in [0, 0.05) is 10.8 Å². The van der Waals surface area contributed by atoms with Gasteiger partial charge in [-0.2, -0.15) is 10.5 Å². The minimum absolute atomic E-state index is 0.0330. The topological polar surface area (TPSA) is 90.7 Å². The zero-order chi connectivity index (χ0) is 15.7. The number of allylic oxidation sites excluding steroid dienone is 2. The van der Waals surface area contributed by atoms with Crippen molar-refractivity contribution in [1.29, 1.82) is 10.5 Å². The predicted octanol–water partition coefficient (Wildman–Crippen LogP) is 3.57. The summed E-state index contributed by atoms with van der Waals surface area (Å²) in [5.74, 6) is -0.170. The third-order valence-corrected chi connectivity index (χ3v) is 3.24. The fraction of sp³-hybridized carbons (Fsp3) is 0.375. The van der Waals surface area contributed by atoms with E-state index in [9.17, 15) is 10.1 Å². The number of nitriles is 2. The van der Waals surface area contributed by atoms with E-state index in [0.29, 0.717) is 18.4 Å². The fourth-order valence-electron chi connectivity index (χ4n) is 2.33. The molecule has 1 aromatic carbocycles. The van der Waals surface area contributed by atoms with Crippen LogP contribution in [0, 0.1) is 38.7 Å². The first-order chi connectivity index (χ1) is 10.1. The van der Waals surface area contributed by atoms with Gasteiger partial charge in [-0.25, -0.2) is 0 Å². The SMILES string of the molecule is CCCC(CC(=C(C#N)C#N)c1ccccc1)C[N+](=O)[O-]. The van der Waals surface area contributed by atoms with Gasteiger partial charge in [-0.05, 0) is 24.0 Å². The van der Waals surface area contributed by atoms with Crippen LogP contribution in [0.2, 0.25) is 0 Å². The van der Waals surface area contributed by atoms with Gasteiger partial charge in [0.05, 0.1) is 0 Å². The second-order valence-corrected chi connectivity index (χ2v) is 4.82. The molecule has 0 bridgehead atoms. The molecule has 0 spiro atoms. The van der Waals surface area contributed by atoms with Crippen LogP contribution in [0.5, 0.6) is 0 Å². The maximum Gasteiger partial charge on any atom is 0.207 e. The molecule has 108 valence electrons. The molecule has 21 heavy (non-hydrogen) atoms. The maximum atomic E-state index is 10.8. The van der Waals surface area contributed by atoms with E-state index in [-0.39, 0.29) is 23.0 Å². The van der Waals surface area contributed by atoms with Crippen molar-refractivity contribution >= 4 is 5.57 Å². The van der Waals surface area contributed by atoms with Crippen molar-refractivity contribution in [3.05, 3.63) is 51.6 Å². The molecule has 0 heterocycles. The smallest absolute Gasteiger partial charge is 0.207 e. The van der Waals surface area contributed by atoms with Crippen LogP contribution in [0.3, 0.4) is 0 Å². The summed E-state index contributed by atoms with van der Waals surface area (Å²) in [5, 5.41) is 29.0. The highest BCUT2D eigenvalue weighted by Crippen LogP contribution is 2.28. The number of nitrogens with zero attached hydrogens (tertiary/aromatic N) is 3. The normalized spacial score (nSPS) is 11.0. The van der Waals surface area contributed by atoms with Gasteiger partial charge in [-0.1, -0.05) is 43.7 Å². The lowest BCUT2D eigenvalue weighted by molar-refractivity contribution is -0.488. The van der Waals surface area contributed by atoms with E-state index in [1.54, 1.807) is 0 Å². The van der Waals surface area contributed by atoms with E-state index in [2.05, 4.69) is 0 Å². The Morgan fingerprint density at radius 1 is 1.29 bits per heavy atom. The Morgan fingerprint density at radius 2 is 1.90 bits per heavy atom. The van der Waals surface area contributed by atoms with Crippen LogP contribution < -0.4 is 0 Å². The Balaban J connectivity index is 3.15. The van der Waals surface area contributed by atoms with Crippen molar-refractivity contribution in [3.8, 4) is 12.1 Å². The summed E-state index contributed by atoms with van der Waals surface area (Å²) < 4.78 is 0.